The third kappa shape index (κ3) is 3.02. The van der Waals surface area contributed by atoms with Crippen LogP contribution in [0, 0.1) is 0 Å². The fraction of sp³-hybridized carbons (Fsp3) is 0.353. The maximum absolute atomic E-state index is 12.1. The summed E-state index contributed by atoms with van der Waals surface area (Å²) < 4.78 is 17.6. The monoisotopic (exact) mass is 345 g/mol. The second-order valence-corrected chi connectivity index (χ2v) is 5.73. The molecule has 1 N–H and O–H groups in total. The smallest absolute Gasteiger partial charge is 0.308 e. The van der Waals surface area contributed by atoms with E-state index < -0.39 is 5.97 Å². The Labute approximate surface area is 144 Å². The largest absolute Gasteiger partial charge is 0.493 e. The van der Waals surface area contributed by atoms with Crippen LogP contribution in [0.15, 0.2) is 18.3 Å². The van der Waals surface area contributed by atoms with Crippen LogP contribution >= 0.6 is 0 Å². The number of aryl methyl sites for hydroxylation is 1. The summed E-state index contributed by atoms with van der Waals surface area (Å²) in [5, 5.41) is 7.05. The van der Waals surface area contributed by atoms with Gasteiger partial charge in [-0.05, 0) is 17.7 Å². The summed E-state index contributed by atoms with van der Waals surface area (Å²) >= 11 is 0. The first-order chi connectivity index (χ1) is 11.9. The number of rotatable bonds is 4. The molecule has 2 aromatic rings. The number of aromatic nitrogens is 2. The molecule has 0 spiro atoms. The molecule has 0 saturated carbocycles. The van der Waals surface area contributed by atoms with Gasteiger partial charge in [0.05, 0.1) is 20.4 Å². The van der Waals surface area contributed by atoms with Gasteiger partial charge in [-0.25, -0.2) is 0 Å². The Morgan fingerprint density at radius 2 is 1.92 bits per heavy atom. The zero-order chi connectivity index (χ0) is 18.1. The van der Waals surface area contributed by atoms with E-state index in [4.69, 9.17) is 14.2 Å². The molecular formula is C17H19N3O5. The Balaban J connectivity index is 2.12. The Morgan fingerprint density at radius 1 is 1.28 bits per heavy atom. The van der Waals surface area contributed by atoms with Gasteiger partial charge in [0.25, 0.3) is 0 Å². The molecular weight excluding hydrogens is 326 g/mol. The molecule has 8 heteroatoms. The highest BCUT2D eigenvalue weighted by Crippen LogP contribution is 2.44. The van der Waals surface area contributed by atoms with Crippen LogP contribution in [0.2, 0.25) is 0 Å². The van der Waals surface area contributed by atoms with Crippen molar-refractivity contribution in [2.45, 2.75) is 19.3 Å². The molecule has 1 atom stereocenters. The average molecular weight is 345 g/mol. The number of fused-ring (bicyclic) bond motifs is 1. The minimum absolute atomic E-state index is 0.0944. The van der Waals surface area contributed by atoms with Gasteiger partial charge < -0.3 is 19.5 Å². The number of hydrogen-bond donors (Lipinski definition) is 1. The number of anilines is 1. The van der Waals surface area contributed by atoms with Gasteiger partial charge in [0.2, 0.25) is 11.7 Å². The SMILES string of the molecule is COc1cc(C2CC(=O)Nc3c2cnn3C)cc(OC)c1OC(C)=O. The van der Waals surface area contributed by atoms with Crippen LogP contribution in [0.3, 0.4) is 0 Å². The van der Waals surface area contributed by atoms with Gasteiger partial charge in [0.15, 0.2) is 11.5 Å². The van der Waals surface area contributed by atoms with Crippen molar-refractivity contribution in [1.82, 2.24) is 9.78 Å². The molecule has 1 aliphatic heterocycles. The Bertz CT molecular complexity index is 818. The molecule has 1 aliphatic rings. The lowest BCUT2D eigenvalue weighted by Gasteiger charge is -2.24. The minimum Gasteiger partial charge on any atom is -0.493 e. The van der Waals surface area contributed by atoms with Gasteiger partial charge in [-0.2, -0.15) is 5.10 Å². The Hall–Kier alpha value is -3.03. The molecule has 0 saturated heterocycles. The van der Waals surface area contributed by atoms with Gasteiger partial charge in [-0.1, -0.05) is 0 Å². The maximum Gasteiger partial charge on any atom is 0.308 e. The van der Waals surface area contributed by atoms with Gasteiger partial charge in [0.1, 0.15) is 5.82 Å². The van der Waals surface area contributed by atoms with E-state index in [-0.39, 0.29) is 24.0 Å². The van der Waals surface area contributed by atoms with E-state index in [0.717, 1.165) is 11.1 Å². The molecule has 0 bridgehead atoms. The number of benzene rings is 1. The second-order valence-electron chi connectivity index (χ2n) is 5.73. The number of carbonyl (C=O) groups is 2. The fourth-order valence-electron chi connectivity index (χ4n) is 2.98. The van der Waals surface area contributed by atoms with Crippen LogP contribution < -0.4 is 19.5 Å². The Morgan fingerprint density at radius 3 is 2.48 bits per heavy atom. The summed E-state index contributed by atoms with van der Waals surface area (Å²) in [6.07, 6.45) is 2.01. The summed E-state index contributed by atoms with van der Waals surface area (Å²) in [6, 6.07) is 3.50. The second kappa shape index (κ2) is 6.46. The molecule has 0 fully saturated rings. The van der Waals surface area contributed by atoms with Crippen LogP contribution in [0.4, 0.5) is 5.82 Å². The zero-order valence-corrected chi connectivity index (χ0v) is 14.5. The van der Waals surface area contributed by atoms with Crippen LogP contribution in [0.5, 0.6) is 17.2 Å². The molecule has 132 valence electrons. The topological polar surface area (TPSA) is 91.7 Å². The van der Waals surface area contributed by atoms with Crippen LogP contribution in [-0.4, -0.2) is 35.9 Å². The highest BCUT2D eigenvalue weighted by Gasteiger charge is 2.31. The van der Waals surface area contributed by atoms with Crippen molar-refractivity contribution < 1.29 is 23.8 Å². The van der Waals surface area contributed by atoms with E-state index in [0.29, 0.717) is 17.3 Å². The van der Waals surface area contributed by atoms with Crippen molar-refractivity contribution in [2.75, 3.05) is 19.5 Å². The predicted molar refractivity (Wildman–Crippen MR) is 89.2 cm³/mol. The lowest BCUT2D eigenvalue weighted by Crippen LogP contribution is -2.24. The number of carbonyl (C=O) groups excluding carboxylic acids is 2. The van der Waals surface area contributed by atoms with Crippen LogP contribution in [0.25, 0.3) is 0 Å². The first kappa shape index (κ1) is 16.8. The zero-order valence-electron chi connectivity index (χ0n) is 14.5. The highest BCUT2D eigenvalue weighted by molar-refractivity contribution is 5.94. The minimum atomic E-state index is -0.476. The number of esters is 1. The van der Waals surface area contributed by atoms with Crippen molar-refractivity contribution in [1.29, 1.82) is 0 Å². The van der Waals surface area contributed by atoms with E-state index >= 15 is 0 Å². The third-order valence-corrected chi connectivity index (χ3v) is 4.12. The van der Waals surface area contributed by atoms with Gasteiger partial charge >= 0.3 is 5.97 Å². The molecule has 2 heterocycles. The van der Waals surface area contributed by atoms with E-state index in [2.05, 4.69) is 10.4 Å². The van der Waals surface area contributed by atoms with E-state index in [1.54, 1.807) is 30.1 Å². The predicted octanol–water partition coefficient (Wildman–Crippen LogP) is 1.84. The molecule has 0 radical (unpaired) electrons. The highest BCUT2D eigenvalue weighted by atomic mass is 16.6. The molecule has 0 aliphatic carbocycles. The average Bonchev–Trinajstić information content (AvgIpc) is 2.95. The normalized spacial score (nSPS) is 16.0. The number of amides is 1. The maximum atomic E-state index is 12.1. The molecule has 3 rings (SSSR count). The summed E-state index contributed by atoms with van der Waals surface area (Å²) in [4.78, 5) is 23.4. The number of nitrogens with zero attached hydrogens (tertiary/aromatic N) is 2. The Kier molecular flexibility index (Phi) is 4.35. The first-order valence-electron chi connectivity index (χ1n) is 7.70. The van der Waals surface area contributed by atoms with Gasteiger partial charge in [-0.3, -0.25) is 14.3 Å². The lowest BCUT2D eigenvalue weighted by molar-refractivity contribution is -0.132. The quantitative estimate of drug-likeness (QED) is 0.671. The molecule has 1 aromatic heterocycles. The lowest BCUT2D eigenvalue weighted by atomic mass is 9.87. The number of nitrogens with one attached hydrogen (secondary N) is 1. The van der Waals surface area contributed by atoms with Crippen molar-refractivity contribution >= 4 is 17.7 Å². The fourth-order valence-corrected chi connectivity index (χ4v) is 2.98. The van der Waals surface area contributed by atoms with E-state index in [9.17, 15) is 9.59 Å². The van der Waals surface area contributed by atoms with Crippen LogP contribution in [-0.2, 0) is 16.6 Å². The van der Waals surface area contributed by atoms with Crippen LogP contribution in [0.1, 0.15) is 30.4 Å². The number of hydrogen-bond acceptors (Lipinski definition) is 6. The third-order valence-electron chi connectivity index (χ3n) is 4.12. The standard InChI is InChI=1S/C17H19N3O5/c1-9(21)25-16-13(23-3)5-10(6-14(16)24-4)11-7-15(22)19-17-12(11)8-18-20(17)2/h5-6,8,11H,7H2,1-4H3,(H,19,22). The molecule has 1 aromatic carbocycles. The van der Waals surface area contributed by atoms with Crippen molar-refractivity contribution in [2.24, 2.45) is 7.05 Å². The number of methoxy groups -OCH3 is 2. The van der Waals surface area contributed by atoms with Gasteiger partial charge in [0, 0.05) is 31.9 Å². The summed E-state index contributed by atoms with van der Waals surface area (Å²) in [5.74, 6) is 0.837. The molecule has 8 nitrogen and oxygen atoms in total. The van der Waals surface area contributed by atoms with E-state index in [1.807, 2.05) is 0 Å². The molecule has 25 heavy (non-hydrogen) atoms. The summed E-state index contributed by atoms with van der Waals surface area (Å²) in [5.41, 5.74) is 1.72. The number of ether oxygens (including phenoxy) is 3. The summed E-state index contributed by atoms with van der Waals surface area (Å²) in [7, 11) is 4.73. The van der Waals surface area contributed by atoms with Crippen molar-refractivity contribution in [3.8, 4) is 17.2 Å². The summed E-state index contributed by atoms with van der Waals surface area (Å²) in [6.45, 7) is 1.31. The molecule has 1 amide bonds. The van der Waals surface area contributed by atoms with E-state index in [1.165, 1.54) is 21.1 Å². The van der Waals surface area contributed by atoms with Crippen molar-refractivity contribution in [3.63, 3.8) is 0 Å². The molecule has 1 unspecified atom stereocenters. The van der Waals surface area contributed by atoms with Crippen molar-refractivity contribution in [3.05, 3.63) is 29.5 Å². The first-order valence-corrected chi connectivity index (χ1v) is 7.70. The van der Waals surface area contributed by atoms with Gasteiger partial charge in [-0.15, -0.1) is 0 Å².